The van der Waals surface area contributed by atoms with E-state index in [1.165, 1.54) is 0 Å². The fourth-order valence-corrected chi connectivity index (χ4v) is 3.47. The molecule has 5 nitrogen and oxygen atoms in total. The number of urea groups is 1. The van der Waals surface area contributed by atoms with Gasteiger partial charge in [-0.15, -0.1) is 0 Å². The molecule has 0 unspecified atom stereocenters. The summed E-state index contributed by atoms with van der Waals surface area (Å²) in [5, 5.41) is 6.48. The third-order valence-corrected chi connectivity index (χ3v) is 5.07. The van der Waals surface area contributed by atoms with Crippen molar-refractivity contribution >= 4 is 23.3 Å². The highest BCUT2D eigenvalue weighted by molar-refractivity contribution is 6.30. The number of benzene rings is 2. The van der Waals surface area contributed by atoms with Crippen LogP contribution in [-0.4, -0.2) is 32.9 Å². The Bertz CT molecular complexity index is 743. The number of nitrogens with one attached hydrogen (secondary N) is 2. The molecule has 26 heavy (non-hydrogen) atoms. The Morgan fingerprint density at radius 1 is 1.15 bits per heavy atom. The van der Waals surface area contributed by atoms with Crippen LogP contribution in [0.5, 0.6) is 5.75 Å². The van der Waals surface area contributed by atoms with Gasteiger partial charge in [0.05, 0.1) is 7.11 Å². The van der Waals surface area contributed by atoms with Gasteiger partial charge in [-0.2, -0.15) is 0 Å². The molecule has 1 saturated heterocycles. The number of ether oxygens (including phenoxy) is 2. The van der Waals surface area contributed by atoms with Crippen molar-refractivity contribution in [2.75, 3.05) is 32.2 Å². The van der Waals surface area contributed by atoms with Crippen molar-refractivity contribution in [3.8, 4) is 5.75 Å². The molecule has 3 rings (SSSR count). The zero-order valence-electron chi connectivity index (χ0n) is 14.8. The molecule has 2 aromatic carbocycles. The quantitative estimate of drug-likeness (QED) is 0.823. The SMILES string of the molecule is COc1ccccc1C1(CNC(=O)Nc2ccc(Cl)cc2)CCOCC1. The highest BCUT2D eigenvalue weighted by Crippen LogP contribution is 2.39. The van der Waals surface area contributed by atoms with Crippen LogP contribution in [-0.2, 0) is 10.2 Å². The fourth-order valence-electron chi connectivity index (χ4n) is 3.34. The number of methoxy groups -OCH3 is 1. The molecule has 0 radical (unpaired) electrons. The maximum Gasteiger partial charge on any atom is 0.319 e. The van der Waals surface area contributed by atoms with Crippen LogP contribution in [0.4, 0.5) is 10.5 Å². The first-order valence-corrected chi connectivity index (χ1v) is 9.02. The van der Waals surface area contributed by atoms with E-state index in [2.05, 4.69) is 16.7 Å². The zero-order chi connectivity index (χ0) is 18.4. The molecule has 1 aliphatic rings. The summed E-state index contributed by atoms with van der Waals surface area (Å²) in [7, 11) is 1.67. The van der Waals surface area contributed by atoms with Crippen LogP contribution >= 0.6 is 11.6 Å². The first kappa shape index (κ1) is 18.5. The predicted molar refractivity (Wildman–Crippen MR) is 103 cm³/mol. The lowest BCUT2D eigenvalue weighted by atomic mass is 9.73. The maximum absolute atomic E-state index is 12.4. The summed E-state index contributed by atoms with van der Waals surface area (Å²) in [5.41, 5.74) is 1.60. The van der Waals surface area contributed by atoms with E-state index in [4.69, 9.17) is 21.1 Å². The molecule has 138 valence electrons. The molecule has 0 aliphatic carbocycles. The lowest BCUT2D eigenvalue weighted by molar-refractivity contribution is 0.0500. The highest BCUT2D eigenvalue weighted by Gasteiger charge is 2.37. The van der Waals surface area contributed by atoms with Gasteiger partial charge in [0, 0.05) is 41.4 Å². The van der Waals surface area contributed by atoms with E-state index >= 15 is 0 Å². The second-order valence-corrected chi connectivity index (χ2v) is 6.84. The van der Waals surface area contributed by atoms with Gasteiger partial charge in [-0.05, 0) is 43.2 Å². The number of rotatable bonds is 5. The number of anilines is 1. The monoisotopic (exact) mass is 374 g/mol. The van der Waals surface area contributed by atoms with Crippen LogP contribution in [0.2, 0.25) is 5.02 Å². The Kier molecular flexibility index (Phi) is 6.01. The van der Waals surface area contributed by atoms with Crippen LogP contribution in [0, 0.1) is 0 Å². The van der Waals surface area contributed by atoms with E-state index < -0.39 is 0 Å². The first-order chi connectivity index (χ1) is 12.6. The summed E-state index contributed by atoms with van der Waals surface area (Å²) >= 11 is 5.87. The Morgan fingerprint density at radius 2 is 1.85 bits per heavy atom. The molecule has 1 fully saturated rings. The first-order valence-electron chi connectivity index (χ1n) is 8.65. The van der Waals surface area contributed by atoms with Crippen LogP contribution in [0.1, 0.15) is 18.4 Å². The lowest BCUT2D eigenvalue weighted by Crippen LogP contribution is -2.45. The third-order valence-electron chi connectivity index (χ3n) is 4.82. The average molecular weight is 375 g/mol. The van der Waals surface area contributed by atoms with Gasteiger partial charge < -0.3 is 20.1 Å². The molecular formula is C20H23ClN2O3. The lowest BCUT2D eigenvalue weighted by Gasteiger charge is -2.38. The summed E-state index contributed by atoms with van der Waals surface area (Å²) in [6.07, 6.45) is 1.66. The molecule has 0 saturated carbocycles. The van der Waals surface area contributed by atoms with Crippen molar-refractivity contribution in [3.63, 3.8) is 0 Å². The van der Waals surface area contributed by atoms with Crippen molar-refractivity contribution in [3.05, 3.63) is 59.1 Å². The topological polar surface area (TPSA) is 59.6 Å². The molecular weight excluding hydrogens is 352 g/mol. The molecule has 1 aliphatic heterocycles. The molecule has 1 heterocycles. The maximum atomic E-state index is 12.4. The van der Waals surface area contributed by atoms with Gasteiger partial charge in [0.15, 0.2) is 0 Å². The number of para-hydroxylation sites is 1. The molecule has 0 spiro atoms. The van der Waals surface area contributed by atoms with E-state index in [0.717, 1.165) is 24.2 Å². The van der Waals surface area contributed by atoms with Crippen molar-refractivity contribution in [2.45, 2.75) is 18.3 Å². The Balaban J connectivity index is 1.72. The van der Waals surface area contributed by atoms with Gasteiger partial charge in [0.2, 0.25) is 0 Å². The largest absolute Gasteiger partial charge is 0.496 e. The zero-order valence-corrected chi connectivity index (χ0v) is 15.5. The number of hydrogen-bond donors (Lipinski definition) is 2. The van der Waals surface area contributed by atoms with Crippen molar-refractivity contribution in [1.29, 1.82) is 0 Å². The Morgan fingerprint density at radius 3 is 2.54 bits per heavy atom. The van der Waals surface area contributed by atoms with Crippen molar-refractivity contribution in [1.82, 2.24) is 5.32 Å². The minimum atomic E-state index is -0.243. The van der Waals surface area contributed by atoms with Crippen molar-refractivity contribution in [2.24, 2.45) is 0 Å². The predicted octanol–water partition coefficient (Wildman–Crippen LogP) is 4.22. The van der Waals surface area contributed by atoms with Crippen LogP contribution in [0.25, 0.3) is 0 Å². The van der Waals surface area contributed by atoms with E-state index in [0.29, 0.717) is 30.5 Å². The van der Waals surface area contributed by atoms with E-state index in [1.54, 1.807) is 31.4 Å². The van der Waals surface area contributed by atoms with Crippen LogP contribution in [0.15, 0.2) is 48.5 Å². The molecule has 2 aromatic rings. The molecule has 6 heteroatoms. The second-order valence-electron chi connectivity index (χ2n) is 6.41. The van der Waals surface area contributed by atoms with Gasteiger partial charge in [-0.25, -0.2) is 4.79 Å². The van der Waals surface area contributed by atoms with Crippen molar-refractivity contribution < 1.29 is 14.3 Å². The van der Waals surface area contributed by atoms with E-state index in [-0.39, 0.29) is 11.4 Å². The average Bonchev–Trinajstić information content (AvgIpc) is 2.69. The van der Waals surface area contributed by atoms with Crippen LogP contribution in [0.3, 0.4) is 0 Å². The fraction of sp³-hybridized carbons (Fsp3) is 0.350. The van der Waals surface area contributed by atoms with Gasteiger partial charge >= 0.3 is 6.03 Å². The number of hydrogen-bond acceptors (Lipinski definition) is 3. The van der Waals surface area contributed by atoms with Crippen LogP contribution < -0.4 is 15.4 Å². The van der Waals surface area contributed by atoms with Gasteiger partial charge in [-0.1, -0.05) is 29.8 Å². The minimum Gasteiger partial charge on any atom is -0.496 e. The Labute approximate surface area is 158 Å². The molecule has 2 N–H and O–H groups in total. The normalized spacial score (nSPS) is 15.9. The number of carbonyl (C=O) groups excluding carboxylic acids is 1. The highest BCUT2D eigenvalue weighted by atomic mass is 35.5. The van der Waals surface area contributed by atoms with Gasteiger partial charge in [0.1, 0.15) is 5.75 Å². The minimum absolute atomic E-state index is 0.206. The molecule has 0 atom stereocenters. The summed E-state index contributed by atoms with van der Waals surface area (Å²) < 4.78 is 11.1. The second kappa shape index (κ2) is 8.43. The number of halogens is 1. The standard InChI is InChI=1S/C20H23ClN2O3/c1-25-18-5-3-2-4-17(18)20(10-12-26-13-11-20)14-22-19(24)23-16-8-6-15(21)7-9-16/h2-9H,10-14H2,1H3,(H2,22,23,24). The van der Waals surface area contributed by atoms with E-state index in [1.807, 2.05) is 18.2 Å². The molecule has 0 aromatic heterocycles. The number of carbonyl (C=O) groups is 1. The van der Waals surface area contributed by atoms with E-state index in [9.17, 15) is 4.79 Å². The summed E-state index contributed by atoms with van der Waals surface area (Å²) in [6.45, 7) is 1.84. The third kappa shape index (κ3) is 4.29. The molecule has 0 bridgehead atoms. The summed E-state index contributed by atoms with van der Waals surface area (Å²) in [6, 6.07) is 14.8. The van der Waals surface area contributed by atoms with Gasteiger partial charge in [0.25, 0.3) is 0 Å². The smallest absolute Gasteiger partial charge is 0.319 e. The molecule has 2 amide bonds. The summed E-state index contributed by atoms with van der Waals surface area (Å²) in [4.78, 5) is 12.4. The number of amides is 2. The van der Waals surface area contributed by atoms with Gasteiger partial charge in [-0.3, -0.25) is 0 Å². The Hall–Kier alpha value is -2.24. The summed E-state index contributed by atoms with van der Waals surface area (Å²) in [5.74, 6) is 0.842.